The van der Waals surface area contributed by atoms with Gasteiger partial charge in [-0.15, -0.1) is 11.3 Å². The van der Waals surface area contributed by atoms with E-state index in [2.05, 4.69) is 30.9 Å². The number of rotatable bonds is 5. The monoisotopic (exact) mass is 278 g/mol. The maximum Gasteiger partial charge on any atom is 0.123 e. The maximum atomic E-state index is 13.0. The smallest absolute Gasteiger partial charge is 0.123 e. The van der Waals surface area contributed by atoms with Crippen LogP contribution in [0.25, 0.3) is 0 Å². The Morgan fingerprint density at radius 1 is 1.21 bits per heavy atom. The summed E-state index contributed by atoms with van der Waals surface area (Å²) in [7, 11) is 0. The lowest BCUT2D eigenvalue weighted by Crippen LogP contribution is -2.33. The zero-order chi connectivity index (χ0) is 13.8. The van der Waals surface area contributed by atoms with Crippen LogP contribution in [0.1, 0.15) is 22.7 Å². The highest BCUT2D eigenvalue weighted by molar-refractivity contribution is 7.12. The van der Waals surface area contributed by atoms with E-state index >= 15 is 0 Å². The fourth-order valence-corrected chi connectivity index (χ4v) is 3.25. The van der Waals surface area contributed by atoms with Gasteiger partial charge in [0.25, 0.3) is 0 Å². The van der Waals surface area contributed by atoms with Crippen molar-refractivity contribution in [3.05, 3.63) is 52.0 Å². The summed E-state index contributed by atoms with van der Waals surface area (Å²) in [5.74, 6) is -0.212. The summed E-state index contributed by atoms with van der Waals surface area (Å²) < 4.78 is 13.0. The van der Waals surface area contributed by atoms with Crippen molar-refractivity contribution < 1.29 is 4.39 Å². The van der Waals surface area contributed by atoms with Crippen LogP contribution in [0.2, 0.25) is 0 Å². The molecule has 4 heteroatoms. The molecular weight excluding hydrogens is 259 g/mol. The van der Waals surface area contributed by atoms with Crippen molar-refractivity contribution >= 4 is 17.0 Å². The highest BCUT2D eigenvalue weighted by Crippen LogP contribution is 2.30. The molecule has 0 aliphatic carbocycles. The molecule has 0 saturated heterocycles. The topological polar surface area (TPSA) is 29.3 Å². The van der Waals surface area contributed by atoms with Crippen LogP contribution in [0.3, 0.4) is 0 Å². The Kier molecular flexibility index (Phi) is 4.56. The van der Waals surface area contributed by atoms with Crippen molar-refractivity contribution in [1.29, 1.82) is 0 Å². The number of aryl methyl sites for hydroxylation is 1. The van der Waals surface area contributed by atoms with Crippen LogP contribution in [0.4, 0.5) is 10.1 Å². The Morgan fingerprint density at radius 2 is 1.89 bits per heavy atom. The van der Waals surface area contributed by atoms with Crippen molar-refractivity contribution in [2.45, 2.75) is 19.9 Å². The molecule has 1 atom stereocenters. The van der Waals surface area contributed by atoms with Gasteiger partial charge in [0.2, 0.25) is 0 Å². The van der Waals surface area contributed by atoms with Gasteiger partial charge in [-0.05, 0) is 50.2 Å². The normalized spacial score (nSPS) is 12.4. The first-order valence-electron chi connectivity index (χ1n) is 6.44. The molecule has 2 aromatic rings. The number of nitrogens with two attached hydrogens (primary N) is 1. The molecule has 2 nitrogen and oxygen atoms in total. The minimum Gasteiger partial charge on any atom is -0.363 e. The van der Waals surface area contributed by atoms with E-state index in [1.807, 2.05) is 12.1 Å². The highest BCUT2D eigenvalue weighted by Gasteiger charge is 2.19. The summed E-state index contributed by atoms with van der Waals surface area (Å²) in [4.78, 5) is 4.75. The molecule has 0 aliphatic rings. The van der Waals surface area contributed by atoms with E-state index in [1.165, 1.54) is 21.9 Å². The molecule has 1 aromatic heterocycles. The Labute approximate surface area is 117 Å². The summed E-state index contributed by atoms with van der Waals surface area (Å²) in [5.41, 5.74) is 6.95. The number of benzene rings is 1. The fourth-order valence-electron chi connectivity index (χ4n) is 2.24. The SMILES string of the molecule is CCN(c1ccc(F)cc1)C(CN)c1ccc(C)s1. The van der Waals surface area contributed by atoms with Crippen LogP contribution in [0, 0.1) is 12.7 Å². The van der Waals surface area contributed by atoms with Gasteiger partial charge in [0.05, 0.1) is 6.04 Å². The van der Waals surface area contributed by atoms with Gasteiger partial charge < -0.3 is 10.6 Å². The zero-order valence-corrected chi connectivity index (χ0v) is 12.1. The standard InChI is InChI=1S/C15H19FN2S/c1-3-18(13-7-5-12(16)6-8-13)14(10-17)15-9-4-11(2)19-15/h4-9,14H,3,10,17H2,1-2H3. The van der Waals surface area contributed by atoms with Crippen LogP contribution in [0.5, 0.6) is 0 Å². The van der Waals surface area contributed by atoms with Crippen molar-refractivity contribution in [2.24, 2.45) is 5.73 Å². The first kappa shape index (κ1) is 14.0. The molecule has 0 aliphatic heterocycles. The fraction of sp³-hybridized carbons (Fsp3) is 0.333. The molecule has 19 heavy (non-hydrogen) atoms. The summed E-state index contributed by atoms with van der Waals surface area (Å²) in [6.07, 6.45) is 0. The van der Waals surface area contributed by atoms with Gasteiger partial charge in [-0.25, -0.2) is 4.39 Å². The predicted octanol–water partition coefficient (Wildman–Crippen LogP) is 3.72. The second-order valence-electron chi connectivity index (χ2n) is 4.46. The first-order valence-corrected chi connectivity index (χ1v) is 7.26. The van der Waals surface area contributed by atoms with Crippen molar-refractivity contribution in [3.8, 4) is 0 Å². The molecule has 102 valence electrons. The maximum absolute atomic E-state index is 13.0. The average Bonchev–Trinajstić information content (AvgIpc) is 2.83. The minimum atomic E-state index is -0.212. The zero-order valence-electron chi connectivity index (χ0n) is 11.3. The second-order valence-corrected chi connectivity index (χ2v) is 5.78. The Morgan fingerprint density at radius 3 is 2.37 bits per heavy atom. The van der Waals surface area contributed by atoms with Crippen LogP contribution in [-0.2, 0) is 0 Å². The van der Waals surface area contributed by atoms with E-state index < -0.39 is 0 Å². The third-order valence-corrected chi connectivity index (χ3v) is 4.29. The largest absolute Gasteiger partial charge is 0.363 e. The Bertz CT molecular complexity index is 521. The van der Waals surface area contributed by atoms with E-state index in [-0.39, 0.29) is 11.9 Å². The molecule has 0 saturated carbocycles. The lowest BCUT2D eigenvalue weighted by Gasteiger charge is -2.31. The van der Waals surface area contributed by atoms with Gasteiger partial charge in [0.1, 0.15) is 5.82 Å². The molecule has 0 radical (unpaired) electrons. The van der Waals surface area contributed by atoms with Gasteiger partial charge in [0.15, 0.2) is 0 Å². The molecule has 0 amide bonds. The van der Waals surface area contributed by atoms with E-state index in [0.29, 0.717) is 6.54 Å². The van der Waals surface area contributed by atoms with Crippen molar-refractivity contribution in [3.63, 3.8) is 0 Å². The molecule has 0 spiro atoms. The summed E-state index contributed by atoms with van der Waals surface area (Å²) in [6.45, 7) is 5.57. The Hall–Kier alpha value is -1.39. The highest BCUT2D eigenvalue weighted by atomic mass is 32.1. The number of nitrogens with zero attached hydrogens (tertiary/aromatic N) is 1. The number of hydrogen-bond donors (Lipinski definition) is 1. The summed E-state index contributed by atoms with van der Waals surface area (Å²) in [6, 6.07) is 11.0. The first-order chi connectivity index (χ1) is 9.15. The number of hydrogen-bond acceptors (Lipinski definition) is 3. The molecular formula is C15H19FN2S. The number of likely N-dealkylation sites (N-methyl/N-ethyl adjacent to an activating group) is 1. The third kappa shape index (κ3) is 3.14. The molecule has 1 aromatic carbocycles. The van der Waals surface area contributed by atoms with E-state index in [9.17, 15) is 4.39 Å². The lowest BCUT2D eigenvalue weighted by atomic mass is 10.1. The molecule has 1 heterocycles. The van der Waals surface area contributed by atoms with E-state index in [1.54, 1.807) is 11.3 Å². The van der Waals surface area contributed by atoms with Gasteiger partial charge >= 0.3 is 0 Å². The van der Waals surface area contributed by atoms with Crippen LogP contribution in [-0.4, -0.2) is 13.1 Å². The van der Waals surface area contributed by atoms with Crippen LogP contribution >= 0.6 is 11.3 Å². The van der Waals surface area contributed by atoms with Crippen LogP contribution < -0.4 is 10.6 Å². The minimum absolute atomic E-state index is 0.147. The average molecular weight is 278 g/mol. The van der Waals surface area contributed by atoms with Gasteiger partial charge in [-0.2, -0.15) is 0 Å². The van der Waals surface area contributed by atoms with Gasteiger partial charge in [-0.1, -0.05) is 0 Å². The molecule has 2 rings (SSSR count). The lowest BCUT2D eigenvalue weighted by molar-refractivity contribution is 0.624. The van der Waals surface area contributed by atoms with Crippen molar-refractivity contribution in [1.82, 2.24) is 0 Å². The predicted molar refractivity (Wildman–Crippen MR) is 80.3 cm³/mol. The molecule has 0 bridgehead atoms. The summed E-state index contributed by atoms with van der Waals surface area (Å²) >= 11 is 1.77. The van der Waals surface area contributed by atoms with Gasteiger partial charge in [-0.3, -0.25) is 0 Å². The molecule has 0 fully saturated rings. The Balaban J connectivity index is 2.31. The summed E-state index contributed by atoms with van der Waals surface area (Å²) in [5, 5.41) is 0. The van der Waals surface area contributed by atoms with E-state index in [4.69, 9.17) is 5.73 Å². The van der Waals surface area contributed by atoms with E-state index in [0.717, 1.165) is 12.2 Å². The van der Waals surface area contributed by atoms with Gasteiger partial charge in [0, 0.05) is 28.5 Å². The van der Waals surface area contributed by atoms with Crippen LogP contribution in [0.15, 0.2) is 36.4 Å². The molecule has 1 unspecified atom stereocenters. The number of anilines is 1. The third-order valence-electron chi connectivity index (χ3n) is 3.19. The van der Waals surface area contributed by atoms with Crippen molar-refractivity contribution in [2.75, 3.05) is 18.0 Å². The molecule has 2 N–H and O–H groups in total. The number of halogens is 1. The quantitative estimate of drug-likeness (QED) is 0.903. The second kappa shape index (κ2) is 6.17. The number of thiophene rings is 1.